The van der Waals surface area contributed by atoms with Gasteiger partial charge in [0.1, 0.15) is 18.1 Å². The van der Waals surface area contributed by atoms with Crippen molar-refractivity contribution in [2.45, 2.75) is 56.5 Å². The summed E-state index contributed by atoms with van der Waals surface area (Å²) in [7, 11) is 0. The molecule has 29 heavy (non-hydrogen) atoms. The predicted octanol–water partition coefficient (Wildman–Crippen LogP) is -3.46. The summed E-state index contributed by atoms with van der Waals surface area (Å²) in [5, 5.41) is 23.6. The third-order valence-corrected chi connectivity index (χ3v) is 4.80. The molecule has 0 aromatic heterocycles. The second-order valence-corrected chi connectivity index (χ2v) is 7.14. The number of nitrogens with one attached hydrogen (secondary N) is 2. The van der Waals surface area contributed by atoms with E-state index in [1.807, 2.05) is 0 Å². The topological polar surface area (TPSA) is 205 Å². The Kier molecular flexibility index (Phi) is 9.33. The van der Waals surface area contributed by atoms with Gasteiger partial charge in [-0.2, -0.15) is 12.6 Å². The maximum absolute atomic E-state index is 12.9. The van der Waals surface area contributed by atoms with Crippen LogP contribution >= 0.6 is 12.6 Å². The number of nitrogens with two attached hydrogens (primary N) is 2. The second kappa shape index (κ2) is 11.0. The lowest BCUT2D eigenvalue weighted by Gasteiger charge is -2.30. The highest BCUT2D eigenvalue weighted by molar-refractivity contribution is 7.80. The molecule has 0 aromatic carbocycles. The van der Waals surface area contributed by atoms with E-state index in [2.05, 4.69) is 23.3 Å². The van der Waals surface area contributed by atoms with Crippen molar-refractivity contribution in [1.82, 2.24) is 15.5 Å². The van der Waals surface area contributed by atoms with E-state index in [1.54, 1.807) is 0 Å². The van der Waals surface area contributed by atoms with Crippen LogP contribution in [0.2, 0.25) is 0 Å². The summed E-state index contributed by atoms with van der Waals surface area (Å²) in [6.07, 6.45) is -0.995. The van der Waals surface area contributed by atoms with Gasteiger partial charge < -0.3 is 37.2 Å². The molecular formula is C16H27N5O7S. The first-order valence-corrected chi connectivity index (χ1v) is 9.59. The Balaban J connectivity index is 2.90. The van der Waals surface area contributed by atoms with Crippen LogP contribution in [-0.4, -0.2) is 87.3 Å². The van der Waals surface area contributed by atoms with E-state index < -0.39 is 66.3 Å². The second-order valence-electron chi connectivity index (χ2n) is 6.78. The van der Waals surface area contributed by atoms with Crippen molar-refractivity contribution in [2.24, 2.45) is 11.5 Å². The Hall–Kier alpha value is -2.38. The van der Waals surface area contributed by atoms with Crippen LogP contribution in [0.5, 0.6) is 0 Å². The number of thiol groups is 1. The van der Waals surface area contributed by atoms with Crippen molar-refractivity contribution in [3.8, 4) is 0 Å². The van der Waals surface area contributed by atoms with Gasteiger partial charge in [0.05, 0.1) is 18.6 Å². The smallest absolute Gasteiger partial charge is 0.327 e. The van der Waals surface area contributed by atoms with Crippen molar-refractivity contribution in [3.05, 3.63) is 0 Å². The number of hydrogen-bond donors (Lipinski definition) is 7. The summed E-state index contributed by atoms with van der Waals surface area (Å²) >= 11 is 3.87. The Labute approximate surface area is 172 Å². The van der Waals surface area contributed by atoms with Crippen LogP contribution < -0.4 is 22.1 Å². The molecule has 12 nitrogen and oxygen atoms in total. The molecule has 0 saturated carbocycles. The van der Waals surface area contributed by atoms with E-state index in [1.165, 1.54) is 11.8 Å². The summed E-state index contributed by atoms with van der Waals surface area (Å²) in [5.41, 5.74) is 10.5. The van der Waals surface area contributed by atoms with E-state index in [0.717, 1.165) is 0 Å². The highest BCUT2D eigenvalue weighted by atomic mass is 32.1. The van der Waals surface area contributed by atoms with Gasteiger partial charge in [-0.05, 0) is 19.8 Å². The average Bonchev–Trinajstić information content (AvgIpc) is 3.11. The molecule has 0 aromatic rings. The summed E-state index contributed by atoms with van der Waals surface area (Å²) in [6.45, 7) is 1.46. The number of carbonyl (C=O) groups excluding carboxylic acids is 4. The zero-order chi connectivity index (χ0) is 22.3. The monoisotopic (exact) mass is 433 g/mol. The van der Waals surface area contributed by atoms with E-state index in [9.17, 15) is 29.1 Å². The molecule has 4 amide bonds. The molecule has 1 heterocycles. The number of aliphatic hydroxyl groups excluding tert-OH is 1. The number of nitrogens with zero attached hydrogens (tertiary/aromatic N) is 1. The Morgan fingerprint density at radius 2 is 1.86 bits per heavy atom. The van der Waals surface area contributed by atoms with Crippen molar-refractivity contribution in [2.75, 3.05) is 12.3 Å². The zero-order valence-electron chi connectivity index (χ0n) is 15.9. The summed E-state index contributed by atoms with van der Waals surface area (Å²) in [4.78, 5) is 60.6. The number of primary amides is 1. The summed E-state index contributed by atoms with van der Waals surface area (Å²) in [6, 6.07) is -4.88. The van der Waals surface area contributed by atoms with E-state index in [-0.39, 0.29) is 18.7 Å². The first-order chi connectivity index (χ1) is 13.5. The molecule has 1 aliphatic rings. The quantitative estimate of drug-likeness (QED) is 0.172. The average molecular weight is 433 g/mol. The number of carboxylic acid groups (broad SMARTS) is 1. The number of carboxylic acids is 1. The van der Waals surface area contributed by atoms with Gasteiger partial charge in [0.25, 0.3) is 0 Å². The molecule has 0 bridgehead atoms. The number of carbonyl (C=O) groups is 5. The molecular weight excluding hydrogens is 406 g/mol. The number of rotatable bonds is 10. The molecule has 1 saturated heterocycles. The standard InChI is InChI=1S/C16H27N5O7S/c1-7(22)12(20-13(24)8(17)5-11(18)23)15(26)21-4-2-3-10(21)14(25)19-9(6-29)16(27)28/h7-10,12,22,29H,2-6,17H2,1H3,(H2,18,23)(H,19,25)(H,20,24)(H,27,28). The van der Waals surface area contributed by atoms with Gasteiger partial charge in [0.15, 0.2) is 0 Å². The van der Waals surface area contributed by atoms with E-state index in [0.29, 0.717) is 6.42 Å². The van der Waals surface area contributed by atoms with Crippen LogP contribution in [-0.2, 0) is 24.0 Å². The molecule has 8 N–H and O–H groups in total. The summed E-state index contributed by atoms with van der Waals surface area (Å²) in [5.74, 6) is -4.45. The van der Waals surface area contributed by atoms with Crippen LogP contribution in [0.1, 0.15) is 26.2 Å². The van der Waals surface area contributed by atoms with Gasteiger partial charge in [-0.3, -0.25) is 19.2 Å². The third kappa shape index (κ3) is 6.87. The van der Waals surface area contributed by atoms with Crippen LogP contribution in [0.4, 0.5) is 0 Å². The zero-order valence-corrected chi connectivity index (χ0v) is 16.8. The lowest BCUT2D eigenvalue weighted by molar-refractivity contribution is -0.145. The van der Waals surface area contributed by atoms with Gasteiger partial charge in [0, 0.05) is 12.3 Å². The lowest BCUT2D eigenvalue weighted by atomic mass is 10.1. The number of aliphatic carboxylic acids is 1. The highest BCUT2D eigenvalue weighted by Crippen LogP contribution is 2.19. The molecule has 0 radical (unpaired) electrons. The maximum atomic E-state index is 12.9. The van der Waals surface area contributed by atoms with Gasteiger partial charge >= 0.3 is 5.97 Å². The number of likely N-dealkylation sites (tertiary alicyclic amines) is 1. The Morgan fingerprint density at radius 3 is 2.34 bits per heavy atom. The van der Waals surface area contributed by atoms with Crippen molar-refractivity contribution < 1.29 is 34.2 Å². The molecule has 5 unspecified atom stereocenters. The normalized spacial score (nSPS) is 20.3. The number of hydrogen-bond acceptors (Lipinski definition) is 8. The highest BCUT2D eigenvalue weighted by Gasteiger charge is 2.40. The third-order valence-electron chi connectivity index (χ3n) is 4.44. The maximum Gasteiger partial charge on any atom is 0.327 e. The van der Waals surface area contributed by atoms with Crippen LogP contribution in [0.25, 0.3) is 0 Å². The van der Waals surface area contributed by atoms with E-state index >= 15 is 0 Å². The molecule has 1 fully saturated rings. The van der Waals surface area contributed by atoms with Gasteiger partial charge in [-0.15, -0.1) is 0 Å². The molecule has 5 atom stereocenters. The predicted molar refractivity (Wildman–Crippen MR) is 104 cm³/mol. The summed E-state index contributed by atoms with van der Waals surface area (Å²) < 4.78 is 0. The first-order valence-electron chi connectivity index (χ1n) is 8.96. The lowest BCUT2D eigenvalue weighted by Crippen LogP contribution is -2.59. The van der Waals surface area contributed by atoms with Crippen molar-refractivity contribution in [1.29, 1.82) is 0 Å². The molecule has 1 rings (SSSR count). The molecule has 1 aliphatic heterocycles. The van der Waals surface area contributed by atoms with Crippen molar-refractivity contribution >= 4 is 42.2 Å². The van der Waals surface area contributed by atoms with Crippen LogP contribution in [0.3, 0.4) is 0 Å². The molecule has 0 aliphatic carbocycles. The van der Waals surface area contributed by atoms with Gasteiger partial charge in [0.2, 0.25) is 23.6 Å². The minimum atomic E-state index is -1.41. The Bertz CT molecular complexity index is 660. The SMILES string of the molecule is CC(O)C(NC(=O)C(N)CC(N)=O)C(=O)N1CCCC1C(=O)NC(CS)C(=O)O. The van der Waals surface area contributed by atoms with E-state index in [4.69, 9.17) is 16.6 Å². The largest absolute Gasteiger partial charge is 0.480 e. The first kappa shape index (κ1) is 24.7. The minimum Gasteiger partial charge on any atom is -0.480 e. The van der Waals surface area contributed by atoms with Crippen LogP contribution in [0, 0.1) is 0 Å². The number of aliphatic hydroxyl groups is 1. The fourth-order valence-corrected chi connectivity index (χ4v) is 3.14. The molecule has 13 heteroatoms. The van der Waals surface area contributed by atoms with Gasteiger partial charge in [-0.25, -0.2) is 4.79 Å². The molecule has 164 valence electrons. The van der Waals surface area contributed by atoms with Gasteiger partial charge in [-0.1, -0.05) is 0 Å². The fraction of sp³-hybridized carbons (Fsp3) is 0.688. The van der Waals surface area contributed by atoms with Crippen LogP contribution in [0.15, 0.2) is 0 Å². The minimum absolute atomic E-state index is 0.133. The molecule has 0 spiro atoms. The van der Waals surface area contributed by atoms with Crippen molar-refractivity contribution in [3.63, 3.8) is 0 Å². The number of amides is 4. The fourth-order valence-electron chi connectivity index (χ4n) is 2.89. The Morgan fingerprint density at radius 1 is 1.24 bits per heavy atom.